The number of nitrogens with two attached hydrogens (primary N) is 1. The van der Waals surface area contributed by atoms with Gasteiger partial charge >= 0.3 is 0 Å². The van der Waals surface area contributed by atoms with E-state index >= 15 is 0 Å². The van der Waals surface area contributed by atoms with Crippen molar-refractivity contribution < 1.29 is 9.47 Å². The molecule has 0 aromatic heterocycles. The highest BCUT2D eigenvalue weighted by molar-refractivity contribution is 6.32. The molecule has 2 unspecified atom stereocenters. The van der Waals surface area contributed by atoms with Crippen LogP contribution < -0.4 is 15.2 Å². The third-order valence-electron chi connectivity index (χ3n) is 4.72. The minimum absolute atomic E-state index is 0. The van der Waals surface area contributed by atoms with Gasteiger partial charge in [0.05, 0.1) is 18.2 Å². The van der Waals surface area contributed by atoms with Crippen LogP contribution in [0, 0.1) is 5.92 Å². The number of likely N-dealkylation sites (tertiary alicyclic amines) is 1. The van der Waals surface area contributed by atoms with E-state index in [4.69, 9.17) is 26.8 Å². The first-order valence-electron chi connectivity index (χ1n) is 8.21. The average molecular weight is 361 g/mol. The van der Waals surface area contributed by atoms with E-state index in [9.17, 15) is 0 Å². The zero-order chi connectivity index (χ0) is 15.5. The van der Waals surface area contributed by atoms with Gasteiger partial charge in [0, 0.05) is 25.6 Å². The van der Waals surface area contributed by atoms with Gasteiger partial charge in [0.2, 0.25) is 0 Å². The fourth-order valence-electron chi connectivity index (χ4n) is 3.52. The quantitative estimate of drug-likeness (QED) is 0.896. The van der Waals surface area contributed by atoms with Crippen molar-refractivity contribution in [2.24, 2.45) is 11.7 Å². The highest BCUT2D eigenvalue weighted by atomic mass is 35.5. The zero-order valence-corrected chi connectivity index (χ0v) is 15.2. The van der Waals surface area contributed by atoms with E-state index in [-0.39, 0.29) is 12.4 Å². The van der Waals surface area contributed by atoms with E-state index in [0.717, 1.165) is 25.3 Å². The number of fused-ring (bicyclic) bond motifs is 1. The molecule has 0 spiro atoms. The van der Waals surface area contributed by atoms with Gasteiger partial charge < -0.3 is 15.2 Å². The van der Waals surface area contributed by atoms with Gasteiger partial charge in [-0.25, -0.2) is 0 Å². The van der Waals surface area contributed by atoms with Crippen LogP contribution in [0.5, 0.6) is 11.5 Å². The summed E-state index contributed by atoms with van der Waals surface area (Å²) >= 11 is 6.39. The molecule has 130 valence electrons. The zero-order valence-electron chi connectivity index (χ0n) is 13.6. The Bertz CT molecular complexity index is 528. The van der Waals surface area contributed by atoms with E-state index < -0.39 is 0 Å². The van der Waals surface area contributed by atoms with Crippen LogP contribution in [0.4, 0.5) is 0 Å². The Morgan fingerprint density at radius 1 is 1.26 bits per heavy atom. The van der Waals surface area contributed by atoms with Gasteiger partial charge in [-0.1, -0.05) is 18.5 Å². The van der Waals surface area contributed by atoms with E-state index in [2.05, 4.69) is 17.9 Å². The Hall–Kier alpha value is -0.680. The van der Waals surface area contributed by atoms with Gasteiger partial charge in [0.15, 0.2) is 11.5 Å². The molecule has 23 heavy (non-hydrogen) atoms. The third kappa shape index (κ3) is 4.24. The smallest absolute Gasteiger partial charge is 0.179 e. The van der Waals surface area contributed by atoms with Crippen LogP contribution in [0.3, 0.4) is 0 Å². The normalized spacial score (nSPS) is 24.7. The molecule has 0 bridgehead atoms. The largest absolute Gasteiger partial charge is 0.489 e. The number of ether oxygens (including phenoxy) is 2. The molecule has 1 aromatic carbocycles. The molecule has 2 atom stereocenters. The summed E-state index contributed by atoms with van der Waals surface area (Å²) in [5.74, 6) is 2.11. The predicted molar refractivity (Wildman–Crippen MR) is 96.0 cm³/mol. The maximum absolute atomic E-state index is 6.39. The highest BCUT2D eigenvalue weighted by Gasteiger charge is 2.27. The maximum Gasteiger partial charge on any atom is 0.179 e. The molecule has 2 heterocycles. The lowest BCUT2D eigenvalue weighted by molar-refractivity contribution is 0.0990. The van der Waals surface area contributed by atoms with Gasteiger partial charge in [-0.3, -0.25) is 4.90 Å². The molecule has 4 nitrogen and oxygen atoms in total. The molecule has 1 fully saturated rings. The van der Waals surface area contributed by atoms with Crippen LogP contribution in [0.15, 0.2) is 12.1 Å². The van der Waals surface area contributed by atoms with Gasteiger partial charge in [0.25, 0.3) is 0 Å². The van der Waals surface area contributed by atoms with E-state index in [1.165, 1.54) is 18.4 Å². The van der Waals surface area contributed by atoms with Gasteiger partial charge in [0.1, 0.15) is 0 Å². The van der Waals surface area contributed by atoms with Crippen molar-refractivity contribution in [1.82, 2.24) is 4.90 Å². The van der Waals surface area contributed by atoms with Gasteiger partial charge in [-0.2, -0.15) is 0 Å². The second-order valence-electron chi connectivity index (χ2n) is 6.35. The van der Waals surface area contributed by atoms with Crippen molar-refractivity contribution in [2.75, 3.05) is 26.3 Å². The summed E-state index contributed by atoms with van der Waals surface area (Å²) in [6.45, 7) is 6.30. The monoisotopic (exact) mass is 360 g/mol. The van der Waals surface area contributed by atoms with E-state index in [1.54, 1.807) is 0 Å². The minimum atomic E-state index is 0. The first kappa shape index (κ1) is 18.7. The lowest BCUT2D eigenvalue weighted by Gasteiger charge is -2.39. The van der Waals surface area contributed by atoms with Crippen molar-refractivity contribution in [3.8, 4) is 11.5 Å². The Balaban J connectivity index is 0.00000192. The molecule has 2 N–H and O–H groups in total. The molecule has 2 aliphatic heterocycles. The summed E-state index contributed by atoms with van der Waals surface area (Å²) in [6, 6.07) is 4.52. The molecule has 1 aromatic rings. The van der Waals surface area contributed by atoms with Crippen LogP contribution in [0.2, 0.25) is 5.02 Å². The fraction of sp³-hybridized carbons (Fsp3) is 0.647. The number of halogens is 2. The first-order valence-corrected chi connectivity index (χ1v) is 8.59. The molecular formula is C17H26Cl2N2O2. The molecular weight excluding hydrogens is 335 g/mol. The molecule has 3 rings (SSSR count). The van der Waals surface area contributed by atoms with Crippen molar-refractivity contribution >= 4 is 24.0 Å². The number of rotatable bonds is 3. The summed E-state index contributed by atoms with van der Waals surface area (Å²) in [6.07, 6.45) is 3.38. The third-order valence-corrected chi connectivity index (χ3v) is 5.00. The molecule has 0 amide bonds. The number of piperidine rings is 1. The summed E-state index contributed by atoms with van der Waals surface area (Å²) in [5, 5.41) is 0.642. The van der Waals surface area contributed by atoms with Gasteiger partial charge in [-0.05, 0) is 43.0 Å². The molecule has 1 saturated heterocycles. The second-order valence-corrected chi connectivity index (χ2v) is 6.76. The van der Waals surface area contributed by atoms with Crippen molar-refractivity contribution in [3.05, 3.63) is 22.7 Å². The van der Waals surface area contributed by atoms with Crippen molar-refractivity contribution in [1.29, 1.82) is 0 Å². The number of benzene rings is 1. The lowest BCUT2D eigenvalue weighted by Crippen LogP contribution is -2.48. The minimum Gasteiger partial charge on any atom is -0.489 e. The molecule has 2 aliphatic rings. The Morgan fingerprint density at radius 3 is 2.83 bits per heavy atom. The summed E-state index contributed by atoms with van der Waals surface area (Å²) in [7, 11) is 0. The molecule has 0 radical (unpaired) electrons. The average Bonchev–Trinajstić information content (AvgIpc) is 2.73. The van der Waals surface area contributed by atoms with Crippen LogP contribution in [-0.4, -0.2) is 37.2 Å². The van der Waals surface area contributed by atoms with Crippen LogP contribution in [0.25, 0.3) is 0 Å². The van der Waals surface area contributed by atoms with Crippen LogP contribution >= 0.6 is 24.0 Å². The Labute approximate surface area is 149 Å². The van der Waals surface area contributed by atoms with Gasteiger partial charge in [-0.15, -0.1) is 12.4 Å². The van der Waals surface area contributed by atoms with Crippen molar-refractivity contribution in [3.63, 3.8) is 0 Å². The summed E-state index contributed by atoms with van der Waals surface area (Å²) < 4.78 is 11.5. The number of nitrogens with zero attached hydrogens (tertiary/aromatic N) is 1. The lowest BCUT2D eigenvalue weighted by atomic mass is 9.90. The SMILES string of the molecule is CC1CCCN(Cc2cc(Cl)c3c(c2)OCCCO3)C1CN.Cl. The highest BCUT2D eigenvalue weighted by Crippen LogP contribution is 2.38. The Morgan fingerprint density at radius 2 is 2.04 bits per heavy atom. The number of hydrogen-bond acceptors (Lipinski definition) is 4. The standard InChI is InChI=1S/C17H25ClN2O2.ClH/c1-12-4-2-5-20(15(12)10-19)11-13-8-14(18)17-16(9-13)21-6-3-7-22-17;/h8-9,12,15H,2-7,10-11,19H2,1H3;1H. The number of hydrogen-bond donors (Lipinski definition) is 1. The fourth-order valence-corrected chi connectivity index (χ4v) is 3.81. The molecule has 6 heteroatoms. The molecule has 0 aliphatic carbocycles. The van der Waals surface area contributed by atoms with Crippen molar-refractivity contribution in [2.45, 2.75) is 38.8 Å². The van der Waals surface area contributed by atoms with Crippen LogP contribution in [-0.2, 0) is 6.54 Å². The maximum atomic E-state index is 6.39. The molecule has 0 saturated carbocycles. The predicted octanol–water partition coefficient (Wildman–Crippen LogP) is 3.48. The van der Waals surface area contributed by atoms with E-state index in [0.29, 0.717) is 42.5 Å². The second kappa shape index (κ2) is 8.43. The topological polar surface area (TPSA) is 47.7 Å². The Kier molecular flexibility index (Phi) is 6.84. The summed E-state index contributed by atoms with van der Waals surface area (Å²) in [4.78, 5) is 2.48. The summed E-state index contributed by atoms with van der Waals surface area (Å²) in [5.41, 5.74) is 7.16. The van der Waals surface area contributed by atoms with Crippen LogP contribution in [0.1, 0.15) is 31.7 Å². The first-order chi connectivity index (χ1) is 10.7. The van der Waals surface area contributed by atoms with E-state index in [1.807, 2.05) is 6.07 Å².